The second kappa shape index (κ2) is 8.00. The van der Waals surface area contributed by atoms with Crippen molar-refractivity contribution in [1.82, 2.24) is 9.88 Å². The molecule has 0 saturated carbocycles. The van der Waals surface area contributed by atoms with Gasteiger partial charge in [-0.15, -0.1) is 11.3 Å². The van der Waals surface area contributed by atoms with Crippen LogP contribution in [0.4, 0.5) is 5.13 Å². The first-order valence-electron chi connectivity index (χ1n) is 7.32. The number of amides is 1. The summed E-state index contributed by atoms with van der Waals surface area (Å²) >= 11 is 3.41. The molecule has 1 fully saturated rings. The first-order chi connectivity index (χ1) is 10.1. The van der Waals surface area contributed by atoms with Crippen LogP contribution in [0.15, 0.2) is 5.38 Å². The van der Waals surface area contributed by atoms with E-state index in [2.05, 4.69) is 15.3 Å². The Kier molecular flexibility index (Phi) is 6.32. The molecule has 0 spiro atoms. The van der Waals surface area contributed by atoms with Gasteiger partial charge in [-0.25, -0.2) is 4.98 Å². The number of aromatic nitrogens is 1. The van der Waals surface area contributed by atoms with E-state index in [9.17, 15) is 4.79 Å². The van der Waals surface area contributed by atoms with Gasteiger partial charge >= 0.3 is 0 Å². The van der Waals surface area contributed by atoms with Gasteiger partial charge in [0.2, 0.25) is 5.91 Å². The fourth-order valence-electron chi connectivity index (χ4n) is 2.42. The van der Waals surface area contributed by atoms with E-state index < -0.39 is 0 Å². The maximum atomic E-state index is 12.4. The fourth-order valence-corrected chi connectivity index (χ4v) is 3.77. The maximum absolute atomic E-state index is 12.4. The lowest BCUT2D eigenvalue weighted by Crippen LogP contribution is -2.45. The third-order valence-electron chi connectivity index (χ3n) is 3.64. The zero-order valence-corrected chi connectivity index (χ0v) is 14.4. The van der Waals surface area contributed by atoms with Crippen molar-refractivity contribution in [3.05, 3.63) is 11.1 Å². The summed E-state index contributed by atoms with van der Waals surface area (Å²) in [5.41, 5.74) is 7.07. The second-order valence-corrected chi connectivity index (χ2v) is 7.15. The summed E-state index contributed by atoms with van der Waals surface area (Å²) in [5, 5.41) is 3.13. The van der Waals surface area contributed by atoms with E-state index in [0.717, 1.165) is 55.6 Å². The van der Waals surface area contributed by atoms with E-state index in [4.69, 9.17) is 5.73 Å². The summed E-state index contributed by atoms with van der Waals surface area (Å²) < 4.78 is 0. The van der Waals surface area contributed by atoms with Gasteiger partial charge < -0.3 is 15.5 Å². The van der Waals surface area contributed by atoms with E-state index >= 15 is 0 Å². The van der Waals surface area contributed by atoms with Crippen LogP contribution in [0.25, 0.3) is 0 Å². The number of carbonyl (C=O) groups is 1. The van der Waals surface area contributed by atoms with Crippen molar-refractivity contribution in [3.63, 3.8) is 0 Å². The minimum Gasteiger partial charge on any atom is -0.346 e. The van der Waals surface area contributed by atoms with Crippen molar-refractivity contribution in [1.29, 1.82) is 0 Å². The zero-order valence-electron chi connectivity index (χ0n) is 12.7. The first-order valence-corrected chi connectivity index (χ1v) is 9.59. The molecule has 1 saturated heterocycles. The number of aryl methyl sites for hydroxylation is 1. The first kappa shape index (κ1) is 16.6. The average Bonchev–Trinajstić information content (AvgIpc) is 2.77. The third kappa shape index (κ3) is 4.59. The number of hydrogen-bond donors (Lipinski definition) is 1. The molecule has 0 radical (unpaired) electrons. The van der Waals surface area contributed by atoms with Crippen LogP contribution < -0.4 is 10.6 Å². The van der Waals surface area contributed by atoms with E-state index in [1.807, 2.05) is 18.1 Å². The van der Waals surface area contributed by atoms with Gasteiger partial charge in [0.1, 0.15) is 0 Å². The van der Waals surface area contributed by atoms with E-state index in [1.165, 1.54) is 0 Å². The molecule has 1 aliphatic heterocycles. The van der Waals surface area contributed by atoms with Gasteiger partial charge in [-0.1, -0.05) is 0 Å². The molecule has 1 aliphatic rings. The van der Waals surface area contributed by atoms with Crippen molar-refractivity contribution < 1.29 is 4.79 Å². The van der Waals surface area contributed by atoms with Gasteiger partial charge in [0.25, 0.3) is 0 Å². The smallest absolute Gasteiger partial charge is 0.239 e. The molecule has 118 valence electrons. The molecule has 1 aromatic heterocycles. The van der Waals surface area contributed by atoms with E-state index in [-0.39, 0.29) is 11.9 Å². The number of nitrogens with two attached hydrogens (primary N) is 1. The number of rotatable bonds is 5. The highest BCUT2D eigenvalue weighted by Crippen LogP contribution is 2.21. The van der Waals surface area contributed by atoms with Gasteiger partial charge in [-0.2, -0.15) is 11.8 Å². The van der Waals surface area contributed by atoms with Crippen LogP contribution in [0.3, 0.4) is 0 Å². The van der Waals surface area contributed by atoms with Crippen molar-refractivity contribution in [2.24, 2.45) is 5.73 Å². The zero-order chi connectivity index (χ0) is 15.2. The summed E-state index contributed by atoms with van der Waals surface area (Å²) in [6.07, 6.45) is 3.77. The average molecular weight is 329 g/mol. The molecule has 0 aromatic carbocycles. The van der Waals surface area contributed by atoms with Crippen LogP contribution in [0, 0.1) is 6.92 Å². The Bertz CT molecular complexity index is 466. The van der Waals surface area contributed by atoms with Crippen LogP contribution >= 0.6 is 23.1 Å². The van der Waals surface area contributed by atoms with E-state index in [1.54, 1.807) is 23.1 Å². The Hall–Kier alpha value is -0.790. The highest BCUT2D eigenvalue weighted by molar-refractivity contribution is 7.98. The number of hydrogen-bond acceptors (Lipinski definition) is 6. The lowest BCUT2D eigenvalue weighted by atomic mass is 10.2. The molecule has 1 amide bonds. The van der Waals surface area contributed by atoms with Gasteiger partial charge in [0, 0.05) is 31.6 Å². The molecule has 1 aromatic rings. The van der Waals surface area contributed by atoms with Gasteiger partial charge in [0.15, 0.2) is 5.13 Å². The molecule has 21 heavy (non-hydrogen) atoms. The fraction of sp³-hybridized carbons (Fsp3) is 0.714. The molecule has 0 unspecified atom stereocenters. The normalized spacial score (nSPS) is 17.7. The summed E-state index contributed by atoms with van der Waals surface area (Å²) in [6.45, 7) is 5.35. The third-order valence-corrected chi connectivity index (χ3v) is 5.30. The van der Waals surface area contributed by atoms with Crippen molar-refractivity contribution in [2.75, 3.05) is 43.1 Å². The predicted octanol–water partition coefficient (Wildman–Crippen LogP) is 1.57. The van der Waals surface area contributed by atoms with Gasteiger partial charge in [-0.05, 0) is 31.8 Å². The van der Waals surface area contributed by atoms with Crippen LogP contribution in [0.1, 0.15) is 18.5 Å². The Labute approximate surface area is 134 Å². The molecule has 0 bridgehead atoms. The highest BCUT2D eigenvalue weighted by atomic mass is 32.2. The minimum atomic E-state index is -0.355. The monoisotopic (exact) mass is 328 g/mol. The topological polar surface area (TPSA) is 62.5 Å². The molecule has 0 aliphatic carbocycles. The van der Waals surface area contributed by atoms with Crippen LogP contribution in [-0.2, 0) is 4.79 Å². The van der Waals surface area contributed by atoms with Crippen LogP contribution in [-0.4, -0.2) is 60.0 Å². The maximum Gasteiger partial charge on any atom is 0.239 e. The Morgan fingerprint density at radius 1 is 1.48 bits per heavy atom. The standard InChI is InChI=1S/C14H24N4OS2/c1-11-10-21-14(16-11)18-6-3-5-17(7-8-18)13(19)12(15)4-9-20-2/h10,12H,3-9,15H2,1-2H3/t12-/m0/s1. The summed E-state index contributed by atoms with van der Waals surface area (Å²) in [4.78, 5) is 21.1. The predicted molar refractivity (Wildman–Crippen MR) is 91.2 cm³/mol. The Balaban J connectivity index is 1.89. The number of carbonyl (C=O) groups excluding carboxylic acids is 1. The number of nitrogens with zero attached hydrogens (tertiary/aromatic N) is 3. The summed E-state index contributed by atoms with van der Waals surface area (Å²) in [6, 6.07) is -0.355. The lowest BCUT2D eigenvalue weighted by Gasteiger charge is -2.24. The van der Waals surface area contributed by atoms with Gasteiger partial charge in [-0.3, -0.25) is 4.79 Å². The van der Waals surface area contributed by atoms with Gasteiger partial charge in [0.05, 0.1) is 11.7 Å². The second-order valence-electron chi connectivity index (χ2n) is 5.33. The number of thiazole rings is 1. The molecular weight excluding hydrogens is 304 g/mol. The molecule has 2 heterocycles. The Morgan fingerprint density at radius 3 is 2.95 bits per heavy atom. The molecular formula is C14H24N4OS2. The van der Waals surface area contributed by atoms with Crippen molar-refractivity contribution >= 4 is 34.1 Å². The van der Waals surface area contributed by atoms with Crippen molar-refractivity contribution in [3.8, 4) is 0 Å². The van der Waals surface area contributed by atoms with Crippen LogP contribution in [0.5, 0.6) is 0 Å². The van der Waals surface area contributed by atoms with Crippen LogP contribution in [0.2, 0.25) is 0 Å². The molecule has 7 heteroatoms. The molecule has 5 nitrogen and oxygen atoms in total. The molecule has 2 N–H and O–H groups in total. The summed E-state index contributed by atoms with van der Waals surface area (Å²) in [5.74, 6) is 1.03. The molecule has 1 atom stereocenters. The SMILES string of the molecule is CSCC[C@H](N)C(=O)N1CCCN(c2nc(C)cs2)CC1. The van der Waals surface area contributed by atoms with Crippen molar-refractivity contribution in [2.45, 2.75) is 25.8 Å². The lowest BCUT2D eigenvalue weighted by molar-refractivity contribution is -0.132. The number of anilines is 1. The minimum absolute atomic E-state index is 0.0984. The highest BCUT2D eigenvalue weighted by Gasteiger charge is 2.24. The Morgan fingerprint density at radius 2 is 2.29 bits per heavy atom. The summed E-state index contributed by atoms with van der Waals surface area (Å²) in [7, 11) is 0. The number of thioether (sulfide) groups is 1. The molecule has 2 rings (SSSR count). The quantitative estimate of drug-likeness (QED) is 0.889. The van der Waals surface area contributed by atoms with E-state index in [0.29, 0.717) is 0 Å². The largest absolute Gasteiger partial charge is 0.346 e.